The SMILES string of the molecule is Brc1ccccc1N(Cc1ccccc1)c1ccccc1Br. The highest BCUT2D eigenvalue weighted by molar-refractivity contribution is 9.11. The summed E-state index contributed by atoms with van der Waals surface area (Å²) in [6.45, 7) is 0.812. The van der Waals surface area contributed by atoms with Gasteiger partial charge in [-0.15, -0.1) is 0 Å². The second-order valence-corrected chi connectivity index (χ2v) is 6.68. The maximum Gasteiger partial charge on any atom is 0.0558 e. The Morgan fingerprint density at radius 3 is 1.55 bits per heavy atom. The third-order valence-electron chi connectivity index (χ3n) is 3.47. The predicted octanol–water partition coefficient (Wildman–Crippen LogP) is 6.55. The fraction of sp³-hybridized carbons (Fsp3) is 0.0526. The van der Waals surface area contributed by atoms with Gasteiger partial charge >= 0.3 is 0 Å². The van der Waals surface area contributed by atoms with E-state index in [1.54, 1.807) is 0 Å². The van der Waals surface area contributed by atoms with E-state index in [4.69, 9.17) is 0 Å². The topological polar surface area (TPSA) is 3.24 Å². The molecule has 110 valence electrons. The minimum Gasteiger partial charge on any atom is -0.335 e. The Morgan fingerprint density at radius 1 is 0.591 bits per heavy atom. The van der Waals surface area contributed by atoms with Gasteiger partial charge in [0.25, 0.3) is 0 Å². The van der Waals surface area contributed by atoms with E-state index >= 15 is 0 Å². The van der Waals surface area contributed by atoms with Gasteiger partial charge in [-0.1, -0.05) is 54.6 Å². The molecule has 0 amide bonds. The maximum atomic E-state index is 3.68. The fourth-order valence-corrected chi connectivity index (χ4v) is 3.41. The van der Waals surface area contributed by atoms with Gasteiger partial charge in [-0.25, -0.2) is 0 Å². The Balaban J connectivity index is 2.07. The summed E-state index contributed by atoms with van der Waals surface area (Å²) >= 11 is 7.35. The Labute approximate surface area is 147 Å². The van der Waals surface area contributed by atoms with Crippen molar-refractivity contribution in [3.63, 3.8) is 0 Å². The molecule has 0 unspecified atom stereocenters. The van der Waals surface area contributed by atoms with Crippen LogP contribution in [0.4, 0.5) is 11.4 Å². The van der Waals surface area contributed by atoms with Crippen molar-refractivity contribution in [3.05, 3.63) is 93.4 Å². The van der Waals surface area contributed by atoms with Gasteiger partial charge in [0, 0.05) is 15.5 Å². The Bertz CT molecular complexity index is 711. The van der Waals surface area contributed by atoms with Crippen LogP contribution in [0.5, 0.6) is 0 Å². The molecule has 1 nitrogen and oxygen atoms in total. The van der Waals surface area contributed by atoms with Crippen LogP contribution in [0, 0.1) is 0 Å². The van der Waals surface area contributed by atoms with Crippen molar-refractivity contribution in [2.45, 2.75) is 6.54 Å². The highest BCUT2D eigenvalue weighted by Gasteiger charge is 2.15. The normalized spacial score (nSPS) is 10.5. The van der Waals surface area contributed by atoms with Crippen molar-refractivity contribution in [2.75, 3.05) is 4.90 Å². The number of benzene rings is 3. The number of halogens is 2. The summed E-state index contributed by atoms with van der Waals surface area (Å²) in [7, 11) is 0. The number of hydrogen-bond donors (Lipinski definition) is 0. The summed E-state index contributed by atoms with van der Waals surface area (Å²) in [5.74, 6) is 0. The maximum absolute atomic E-state index is 3.68. The zero-order valence-electron chi connectivity index (χ0n) is 11.9. The monoisotopic (exact) mass is 415 g/mol. The first kappa shape index (κ1) is 15.3. The molecule has 0 spiro atoms. The van der Waals surface area contributed by atoms with Crippen LogP contribution in [0.1, 0.15) is 5.56 Å². The van der Waals surface area contributed by atoms with Gasteiger partial charge in [-0.3, -0.25) is 0 Å². The zero-order valence-corrected chi connectivity index (χ0v) is 15.1. The summed E-state index contributed by atoms with van der Waals surface area (Å²) in [6, 6.07) is 27.1. The lowest BCUT2D eigenvalue weighted by Gasteiger charge is -2.27. The molecule has 0 bridgehead atoms. The van der Waals surface area contributed by atoms with E-state index < -0.39 is 0 Å². The van der Waals surface area contributed by atoms with Crippen molar-refractivity contribution >= 4 is 43.2 Å². The zero-order chi connectivity index (χ0) is 15.4. The van der Waals surface area contributed by atoms with E-state index in [9.17, 15) is 0 Å². The van der Waals surface area contributed by atoms with Crippen LogP contribution in [0.15, 0.2) is 87.8 Å². The first-order valence-electron chi connectivity index (χ1n) is 7.06. The lowest BCUT2D eigenvalue weighted by Crippen LogP contribution is -2.17. The van der Waals surface area contributed by atoms with Crippen LogP contribution in [0.25, 0.3) is 0 Å². The molecule has 3 aromatic rings. The Hall–Kier alpha value is -1.58. The van der Waals surface area contributed by atoms with Crippen molar-refractivity contribution in [3.8, 4) is 0 Å². The van der Waals surface area contributed by atoms with Gasteiger partial charge in [0.15, 0.2) is 0 Å². The summed E-state index contributed by atoms with van der Waals surface area (Å²) in [4.78, 5) is 2.31. The summed E-state index contributed by atoms with van der Waals surface area (Å²) in [5.41, 5.74) is 3.57. The molecule has 0 aliphatic heterocycles. The van der Waals surface area contributed by atoms with Crippen LogP contribution < -0.4 is 4.90 Å². The van der Waals surface area contributed by atoms with Crippen LogP contribution in [-0.2, 0) is 6.54 Å². The van der Waals surface area contributed by atoms with Gasteiger partial charge in [0.1, 0.15) is 0 Å². The van der Waals surface area contributed by atoms with E-state index in [0.29, 0.717) is 0 Å². The van der Waals surface area contributed by atoms with E-state index in [0.717, 1.165) is 26.9 Å². The van der Waals surface area contributed by atoms with Crippen LogP contribution in [-0.4, -0.2) is 0 Å². The van der Waals surface area contributed by atoms with Crippen molar-refractivity contribution in [1.29, 1.82) is 0 Å². The lowest BCUT2D eigenvalue weighted by atomic mass is 10.1. The largest absolute Gasteiger partial charge is 0.335 e. The molecule has 0 radical (unpaired) electrons. The first-order valence-corrected chi connectivity index (χ1v) is 8.65. The molecular formula is C19H15Br2N. The Kier molecular flexibility index (Phi) is 4.96. The minimum atomic E-state index is 0.812. The smallest absolute Gasteiger partial charge is 0.0558 e. The molecule has 22 heavy (non-hydrogen) atoms. The molecule has 3 heteroatoms. The van der Waals surface area contributed by atoms with Crippen molar-refractivity contribution in [2.24, 2.45) is 0 Å². The number of rotatable bonds is 4. The number of nitrogens with zero attached hydrogens (tertiary/aromatic N) is 1. The molecule has 0 fully saturated rings. The van der Waals surface area contributed by atoms with Gasteiger partial charge in [-0.2, -0.15) is 0 Å². The molecule has 0 N–H and O–H groups in total. The average molecular weight is 417 g/mol. The van der Waals surface area contributed by atoms with E-state index in [2.05, 4.69) is 97.4 Å². The molecule has 0 saturated carbocycles. The molecule has 0 saturated heterocycles. The molecular weight excluding hydrogens is 402 g/mol. The van der Waals surface area contributed by atoms with Gasteiger partial charge in [0.05, 0.1) is 11.4 Å². The quantitative estimate of drug-likeness (QED) is 0.466. The highest BCUT2D eigenvalue weighted by atomic mass is 79.9. The van der Waals surface area contributed by atoms with Crippen molar-refractivity contribution in [1.82, 2.24) is 0 Å². The molecule has 0 aliphatic carbocycles. The molecule has 3 rings (SSSR count). The third-order valence-corrected chi connectivity index (χ3v) is 4.81. The molecule has 0 aromatic heterocycles. The molecule has 0 atom stereocenters. The standard InChI is InChI=1S/C19H15Br2N/c20-16-10-4-6-12-18(16)22(14-15-8-2-1-3-9-15)19-13-7-5-11-17(19)21/h1-13H,14H2. The predicted molar refractivity (Wildman–Crippen MR) is 101 cm³/mol. The second kappa shape index (κ2) is 7.12. The highest BCUT2D eigenvalue weighted by Crippen LogP contribution is 2.37. The minimum absolute atomic E-state index is 0.812. The Morgan fingerprint density at radius 2 is 1.05 bits per heavy atom. The average Bonchev–Trinajstić information content (AvgIpc) is 2.55. The van der Waals surface area contributed by atoms with E-state index in [1.165, 1.54) is 5.56 Å². The fourth-order valence-electron chi connectivity index (χ4n) is 2.41. The van der Waals surface area contributed by atoms with Gasteiger partial charge in [-0.05, 0) is 61.7 Å². The second-order valence-electron chi connectivity index (χ2n) is 4.97. The van der Waals surface area contributed by atoms with Gasteiger partial charge in [0.2, 0.25) is 0 Å². The third kappa shape index (κ3) is 3.42. The van der Waals surface area contributed by atoms with E-state index in [1.807, 2.05) is 18.2 Å². The van der Waals surface area contributed by atoms with Crippen LogP contribution in [0.3, 0.4) is 0 Å². The number of anilines is 2. The summed E-state index contributed by atoms with van der Waals surface area (Å²) in [5, 5.41) is 0. The number of para-hydroxylation sites is 2. The van der Waals surface area contributed by atoms with Gasteiger partial charge < -0.3 is 4.90 Å². The van der Waals surface area contributed by atoms with Crippen LogP contribution >= 0.6 is 31.9 Å². The van der Waals surface area contributed by atoms with Crippen LogP contribution in [0.2, 0.25) is 0 Å². The molecule has 0 aliphatic rings. The number of hydrogen-bond acceptors (Lipinski definition) is 1. The first-order chi connectivity index (χ1) is 10.8. The van der Waals surface area contributed by atoms with Crippen molar-refractivity contribution < 1.29 is 0 Å². The lowest BCUT2D eigenvalue weighted by molar-refractivity contribution is 0.969. The summed E-state index contributed by atoms with van der Waals surface area (Å²) < 4.78 is 2.17. The molecule has 3 aromatic carbocycles. The van der Waals surface area contributed by atoms with E-state index in [-0.39, 0.29) is 0 Å². The summed E-state index contributed by atoms with van der Waals surface area (Å²) in [6.07, 6.45) is 0. The molecule has 0 heterocycles.